The fraction of sp³-hybridized carbons (Fsp3) is 0.182. The van der Waals surface area contributed by atoms with Gasteiger partial charge in [0.2, 0.25) is 17.1 Å². The average molecular weight is 1310 g/mol. The van der Waals surface area contributed by atoms with Gasteiger partial charge in [-0.15, -0.1) is 73.1 Å². The second-order valence-electron chi connectivity index (χ2n) is 17.6. The molecule has 9 rings (SSSR count). The second kappa shape index (κ2) is 31.0. The van der Waals surface area contributed by atoms with Crippen molar-refractivity contribution >= 4 is 58.1 Å². The Balaban J connectivity index is 0.000000204. The number of ether oxygens (including phenoxy) is 7. The number of rotatable bonds is 20. The highest BCUT2D eigenvalue weighted by atomic mass is 19.4. The number of aromatic amines is 1. The van der Waals surface area contributed by atoms with Crippen LogP contribution in [0.15, 0.2) is 146 Å². The topological polar surface area (TPSA) is 321 Å². The van der Waals surface area contributed by atoms with Crippen molar-refractivity contribution in [3.8, 4) is 34.5 Å². The molecule has 0 amide bonds. The molecule has 92 heavy (non-hydrogen) atoms. The Morgan fingerprint density at radius 1 is 0.467 bits per heavy atom. The number of H-pyrrole nitrogens is 1. The molecule has 0 saturated carbocycles. The highest BCUT2D eigenvalue weighted by Crippen LogP contribution is 2.31. The molecule has 0 radical (unpaired) electrons. The number of carbonyl (C=O) groups is 3. The summed E-state index contributed by atoms with van der Waals surface area (Å²) in [4.78, 5) is 34.5. The van der Waals surface area contributed by atoms with Crippen molar-refractivity contribution in [1.82, 2.24) is 45.4 Å². The molecule has 0 atom stereocenters. The highest BCUT2D eigenvalue weighted by molar-refractivity contribution is 5.94. The van der Waals surface area contributed by atoms with E-state index in [1.165, 1.54) is 57.9 Å². The zero-order valence-corrected chi connectivity index (χ0v) is 47.1. The lowest BCUT2D eigenvalue weighted by Crippen LogP contribution is -2.17. The number of benzene rings is 6. The number of alkyl halides is 12. The third-order valence-electron chi connectivity index (χ3n) is 11.0. The van der Waals surface area contributed by atoms with Crippen molar-refractivity contribution in [2.75, 3.05) is 42.5 Å². The van der Waals surface area contributed by atoms with Gasteiger partial charge in [0.05, 0.1) is 33.9 Å². The predicted octanol–water partition coefficient (Wildman–Crippen LogP) is 12.1. The van der Waals surface area contributed by atoms with Gasteiger partial charge >= 0.3 is 43.4 Å². The molecule has 6 aromatic carbocycles. The molecule has 0 saturated heterocycles. The van der Waals surface area contributed by atoms with E-state index >= 15 is 0 Å². The standard InChI is InChI=1S/C20H19F3N4O4.C18H15F3N4O4.C10H7F3N4O3.C7H6F3NO/c1-3-30-19(28)17-18(24-14-6-10-16(11-7-14)31-20(21,22)23)27(26-25-17)12-13-4-8-15(29-2)9-5-13;1-28-13-6-2-11(3-7-13)10-25-16(15(17(26)27)23-24-25)22-12-4-8-14(9-5-12)29-18(19,20)21;11-10(12,13)20-6-3-1-5(2-4-6)14-8-7(9(18)19)15-17-16-8;8-7(9,10)12-6-3-1-5(11)2-4-6/h4-11,24H,3,12H2,1-2H3;2-9,22H,10H2,1H3,(H,26,27);1-4H,(H,18,19)(H2,14,15,16,17);1-4H,11H2. The number of esters is 1. The smallest absolute Gasteiger partial charge is 0.497 e. The number of anilines is 7. The van der Waals surface area contributed by atoms with Gasteiger partial charge < -0.3 is 65.1 Å². The number of methoxy groups -OCH3 is 2. The fourth-order valence-corrected chi connectivity index (χ4v) is 7.15. The number of nitrogens with one attached hydrogen (secondary N) is 4. The molecule has 0 aliphatic carbocycles. The number of carboxylic acids is 2. The zero-order valence-electron chi connectivity index (χ0n) is 47.1. The van der Waals surface area contributed by atoms with Crippen LogP contribution in [0.25, 0.3) is 0 Å². The summed E-state index contributed by atoms with van der Waals surface area (Å²) in [5, 5.41) is 51.1. The number of hydrogen-bond acceptors (Lipinski definition) is 20. The van der Waals surface area contributed by atoms with Crippen LogP contribution in [0.3, 0.4) is 0 Å². The van der Waals surface area contributed by atoms with Gasteiger partial charge in [0.1, 0.15) is 34.5 Å². The Morgan fingerprint density at radius 2 is 0.793 bits per heavy atom. The quantitative estimate of drug-likeness (QED) is 0.0212. The van der Waals surface area contributed by atoms with Crippen molar-refractivity contribution in [3.05, 3.63) is 174 Å². The summed E-state index contributed by atoms with van der Waals surface area (Å²) < 4.78 is 178. The van der Waals surface area contributed by atoms with Crippen LogP contribution in [0, 0.1) is 0 Å². The van der Waals surface area contributed by atoms with E-state index in [0.717, 1.165) is 59.7 Å². The zero-order chi connectivity index (χ0) is 67.4. The van der Waals surface area contributed by atoms with Gasteiger partial charge in [-0.3, -0.25) is 0 Å². The summed E-state index contributed by atoms with van der Waals surface area (Å²) >= 11 is 0. The largest absolute Gasteiger partial charge is 0.573 e. The number of nitrogen functional groups attached to an aromatic ring is 1. The summed E-state index contributed by atoms with van der Waals surface area (Å²) in [6.07, 6.45) is -19.0. The maximum Gasteiger partial charge on any atom is 0.573 e. The van der Waals surface area contributed by atoms with Crippen LogP contribution in [0.1, 0.15) is 49.5 Å². The molecule has 0 fully saturated rings. The average Bonchev–Trinajstić information content (AvgIpc) is 1.73. The number of hydrogen-bond donors (Lipinski definition) is 7. The van der Waals surface area contributed by atoms with Crippen molar-refractivity contribution in [2.24, 2.45) is 0 Å². The van der Waals surface area contributed by atoms with Gasteiger partial charge in [0, 0.05) is 22.7 Å². The van der Waals surface area contributed by atoms with Gasteiger partial charge in [-0.2, -0.15) is 5.21 Å². The molecule has 25 nitrogen and oxygen atoms in total. The number of aromatic carboxylic acids is 2. The van der Waals surface area contributed by atoms with E-state index in [1.54, 1.807) is 57.5 Å². The molecule has 9 aromatic rings. The normalized spacial score (nSPS) is 11.2. The van der Waals surface area contributed by atoms with Crippen molar-refractivity contribution < 1.29 is 110 Å². The molecule has 0 bridgehead atoms. The number of nitrogens with zero attached hydrogens (tertiary/aromatic N) is 8. The molecule has 488 valence electrons. The van der Waals surface area contributed by atoms with Crippen LogP contribution < -0.4 is 50.1 Å². The summed E-state index contributed by atoms with van der Waals surface area (Å²) in [7, 11) is 3.10. The lowest BCUT2D eigenvalue weighted by Gasteiger charge is -2.12. The Labute approximate surface area is 509 Å². The third kappa shape index (κ3) is 22.8. The lowest BCUT2D eigenvalue weighted by atomic mass is 10.2. The minimum Gasteiger partial charge on any atom is -0.497 e. The Morgan fingerprint density at radius 3 is 1.13 bits per heavy atom. The molecule has 8 N–H and O–H groups in total. The molecule has 3 heterocycles. The molecule has 37 heteroatoms. The summed E-state index contributed by atoms with van der Waals surface area (Å²) in [5.74, 6) is -3.07. The maximum atomic E-state index is 12.4. The summed E-state index contributed by atoms with van der Waals surface area (Å²) in [6.45, 7) is 2.29. The minimum atomic E-state index is -4.80. The minimum absolute atomic E-state index is 0.0500. The van der Waals surface area contributed by atoms with Crippen molar-refractivity contribution in [1.29, 1.82) is 0 Å². The molecule has 0 spiro atoms. The first kappa shape index (κ1) is 69.4. The second-order valence-corrected chi connectivity index (χ2v) is 17.6. The van der Waals surface area contributed by atoms with Crippen LogP contribution in [0.4, 0.5) is 92.9 Å². The van der Waals surface area contributed by atoms with Gasteiger partial charge in [0.25, 0.3) is 0 Å². The number of carbonyl (C=O) groups excluding carboxylic acids is 1. The van der Waals surface area contributed by atoms with Gasteiger partial charge in [-0.05, 0) is 139 Å². The number of aromatic nitrogens is 9. The molecule has 0 aliphatic heterocycles. The first-order valence-electron chi connectivity index (χ1n) is 25.5. The molecule has 3 aromatic heterocycles. The van der Waals surface area contributed by atoms with E-state index in [0.29, 0.717) is 34.2 Å². The molecular formula is C55H47F12N13O12. The van der Waals surface area contributed by atoms with E-state index in [2.05, 4.69) is 70.9 Å². The first-order valence-corrected chi connectivity index (χ1v) is 25.5. The van der Waals surface area contributed by atoms with Gasteiger partial charge in [0.15, 0.2) is 17.5 Å². The van der Waals surface area contributed by atoms with E-state index in [4.69, 9.17) is 25.1 Å². The maximum absolute atomic E-state index is 12.4. The Hall–Kier alpha value is -11.7. The van der Waals surface area contributed by atoms with Crippen molar-refractivity contribution in [2.45, 2.75) is 45.5 Å². The van der Waals surface area contributed by atoms with E-state index in [1.807, 2.05) is 12.1 Å². The number of nitrogens with two attached hydrogens (primary N) is 1. The third-order valence-corrected chi connectivity index (χ3v) is 11.0. The fourth-order valence-electron chi connectivity index (χ4n) is 7.15. The summed E-state index contributed by atoms with van der Waals surface area (Å²) in [5.41, 5.74) is 7.67. The number of halogens is 12. The first-order chi connectivity index (χ1) is 43.4. The molecule has 0 unspecified atom stereocenters. The van der Waals surface area contributed by atoms with Crippen LogP contribution in [-0.2, 0) is 17.8 Å². The monoisotopic (exact) mass is 1310 g/mol. The Bertz CT molecular complexity index is 3810. The van der Waals surface area contributed by atoms with Gasteiger partial charge in [-0.25, -0.2) is 23.7 Å². The van der Waals surface area contributed by atoms with Crippen molar-refractivity contribution in [3.63, 3.8) is 0 Å². The van der Waals surface area contributed by atoms with E-state index in [9.17, 15) is 72.2 Å². The van der Waals surface area contributed by atoms with Crippen LogP contribution in [-0.4, -0.2) is 120 Å². The SMILES string of the molecule is CCOC(=O)c1nnn(Cc2ccc(OC)cc2)c1Nc1ccc(OC(F)(F)F)cc1.COc1ccc(Cn2nnc(C(=O)O)c2Nc2ccc(OC(F)(F)F)cc2)cc1.Nc1ccc(OC(F)(F)F)cc1.O=C(O)c1n[nH]nc1Nc1ccc(OC(F)(F)F)cc1. The van der Waals surface area contributed by atoms with Gasteiger partial charge in [-0.1, -0.05) is 34.7 Å². The molecule has 0 aliphatic rings. The predicted molar refractivity (Wildman–Crippen MR) is 297 cm³/mol. The van der Waals surface area contributed by atoms with E-state index in [-0.39, 0.29) is 71.5 Å². The van der Waals surface area contributed by atoms with Crippen LogP contribution in [0.2, 0.25) is 0 Å². The van der Waals surface area contributed by atoms with E-state index < -0.39 is 49.1 Å². The van der Waals surface area contributed by atoms with Crippen LogP contribution in [0.5, 0.6) is 34.5 Å². The lowest BCUT2D eigenvalue weighted by molar-refractivity contribution is -0.275. The summed E-state index contributed by atoms with van der Waals surface area (Å²) in [6, 6.07) is 33.9. The molecular weight excluding hydrogens is 1260 g/mol. The number of carboxylic acid groups (broad SMARTS) is 2. The van der Waals surface area contributed by atoms with Crippen LogP contribution >= 0.6 is 0 Å². The highest BCUT2D eigenvalue weighted by Gasteiger charge is 2.34. The Kier molecular flexibility index (Phi) is 23.4.